The van der Waals surface area contributed by atoms with Crippen molar-refractivity contribution in [2.45, 2.75) is 0 Å². The summed E-state index contributed by atoms with van der Waals surface area (Å²) in [4.78, 5) is 15.6. The van der Waals surface area contributed by atoms with Crippen LogP contribution < -0.4 is 0 Å². The fourth-order valence-electron chi connectivity index (χ4n) is 8.03. The number of hydrogen-bond acceptors (Lipinski definition) is 4. The molecule has 3 heterocycles. The second-order valence-corrected chi connectivity index (χ2v) is 14.4. The number of aromatic nitrogens is 4. The molecule has 11 aromatic rings. The van der Waals surface area contributed by atoms with Crippen LogP contribution in [0, 0.1) is 0 Å². The Bertz CT molecular complexity index is 3260. The summed E-state index contributed by atoms with van der Waals surface area (Å²) in [6, 6.07) is 71.3. The summed E-state index contributed by atoms with van der Waals surface area (Å²) < 4.78 is 8.88. The van der Waals surface area contributed by atoms with Gasteiger partial charge in [-0.1, -0.05) is 152 Å². The van der Waals surface area contributed by atoms with E-state index in [-0.39, 0.29) is 0 Å². The molecule has 0 saturated heterocycles. The molecular weight excluding hydrogens is 709 g/mol. The minimum absolute atomic E-state index is 0.657. The quantitative estimate of drug-likeness (QED) is 0.163. The normalized spacial score (nSPS) is 11.4. The lowest BCUT2D eigenvalue weighted by molar-refractivity contribution is 0.669. The lowest BCUT2D eigenvalue weighted by Crippen LogP contribution is -1.97. The van der Waals surface area contributed by atoms with Crippen molar-refractivity contribution < 1.29 is 4.42 Å². The maximum absolute atomic E-state index is 6.67. The van der Waals surface area contributed by atoms with Crippen molar-refractivity contribution in [1.82, 2.24) is 19.5 Å². The van der Waals surface area contributed by atoms with E-state index in [1.165, 1.54) is 5.56 Å². The zero-order valence-corrected chi connectivity index (χ0v) is 31.3. The van der Waals surface area contributed by atoms with Gasteiger partial charge >= 0.3 is 0 Å². The molecule has 0 N–H and O–H groups in total. The Morgan fingerprint density at radius 1 is 0.379 bits per heavy atom. The molecule has 11 rings (SSSR count). The van der Waals surface area contributed by atoms with E-state index in [1.54, 1.807) is 0 Å². The van der Waals surface area contributed by atoms with Crippen LogP contribution in [-0.4, -0.2) is 19.5 Å². The summed E-state index contributed by atoms with van der Waals surface area (Å²) in [5.41, 5.74) is 14.8. The first-order valence-corrected chi connectivity index (χ1v) is 19.4. The molecule has 0 spiro atoms. The van der Waals surface area contributed by atoms with Gasteiger partial charge in [-0.05, 0) is 76.9 Å². The van der Waals surface area contributed by atoms with E-state index in [1.807, 2.05) is 36.4 Å². The highest BCUT2D eigenvalue weighted by Gasteiger charge is 2.20. The molecule has 0 aliphatic heterocycles. The number of hydrogen-bond donors (Lipinski definition) is 0. The van der Waals surface area contributed by atoms with E-state index in [0.717, 1.165) is 94.8 Å². The summed E-state index contributed by atoms with van der Waals surface area (Å²) in [7, 11) is 0. The van der Waals surface area contributed by atoms with Gasteiger partial charge in [0.1, 0.15) is 17.0 Å². The van der Waals surface area contributed by atoms with Gasteiger partial charge in [0.2, 0.25) is 0 Å². The van der Waals surface area contributed by atoms with Gasteiger partial charge in [-0.3, -0.25) is 4.57 Å². The van der Waals surface area contributed by atoms with Crippen molar-refractivity contribution >= 4 is 33.0 Å². The third-order valence-electron chi connectivity index (χ3n) is 10.8. The lowest BCUT2D eigenvalue weighted by atomic mass is 9.99. The maximum Gasteiger partial charge on any atom is 0.160 e. The SMILES string of the molecule is c1ccc(-c2ccc(-c3cc(-c4cccc5oc6cc(-c7nc8ccccc8n7-c7ccccc7)ccc6c45)nc(-c4cccc(-c5ccccc5)c4)n3)cc2)cc1. The monoisotopic (exact) mass is 742 g/mol. The zero-order valence-electron chi connectivity index (χ0n) is 31.3. The van der Waals surface area contributed by atoms with Crippen molar-refractivity contribution in [2.24, 2.45) is 0 Å². The van der Waals surface area contributed by atoms with Gasteiger partial charge in [-0.2, -0.15) is 0 Å². The Labute approximate surface area is 335 Å². The van der Waals surface area contributed by atoms with Gasteiger partial charge in [0.05, 0.1) is 22.4 Å². The molecule has 272 valence electrons. The van der Waals surface area contributed by atoms with Crippen LogP contribution in [0.1, 0.15) is 0 Å². The lowest BCUT2D eigenvalue weighted by Gasteiger charge is -2.12. The molecule has 0 amide bonds. The molecule has 5 heteroatoms. The maximum atomic E-state index is 6.67. The molecule has 0 radical (unpaired) electrons. The van der Waals surface area contributed by atoms with Gasteiger partial charge in [0.15, 0.2) is 5.82 Å². The molecule has 5 nitrogen and oxygen atoms in total. The Kier molecular flexibility index (Phi) is 8.07. The van der Waals surface area contributed by atoms with E-state index in [4.69, 9.17) is 19.4 Å². The Hall–Kier alpha value is -7.89. The molecule has 0 unspecified atom stereocenters. The average molecular weight is 743 g/mol. The van der Waals surface area contributed by atoms with E-state index >= 15 is 0 Å². The fourth-order valence-corrected chi connectivity index (χ4v) is 8.03. The molecule has 8 aromatic carbocycles. The number of fused-ring (bicyclic) bond motifs is 4. The highest BCUT2D eigenvalue weighted by Crippen LogP contribution is 2.40. The van der Waals surface area contributed by atoms with Gasteiger partial charge in [-0.25, -0.2) is 15.0 Å². The van der Waals surface area contributed by atoms with Crippen molar-refractivity contribution in [3.63, 3.8) is 0 Å². The van der Waals surface area contributed by atoms with E-state index in [2.05, 4.69) is 174 Å². The van der Waals surface area contributed by atoms with Crippen LogP contribution in [0.25, 0.3) is 106 Å². The van der Waals surface area contributed by atoms with Crippen molar-refractivity contribution in [3.05, 3.63) is 206 Å². The summed E-state index contributed by atoms with van der Waals surface area (Å²) in [5, 5.41) is 2.02. The minimum atomic E-state index is 0.657. The van der Waals surface area contributed by atoms with Gasteiger partial charge < -0.3 is 4.42 Å². The Balaban J connectivity index is 1.07. The van der Waals surface area contributed by atoms with E-state index in [9.17, 15) is 0 Å². The van der Waals surface area contributed by atoms with Crippen LogP contribution in [0.4, 0.5) is 0 Å². The second-order valence-electron chi connectivity index (χ2n) is 14.4. The minimum Gasteiger partial charge on any atom is -0.456 e. The number of imidazole rings is 1. The summed E-state index contributed by atoms with van der Waals surface area (Å²) in [6.45, 7) is 0. The second kappa shape index (κ2) is 14.0. The van der Waals surface area contributed by atoms with E-state index < -0.39 is 0 Å². The first-order chi connectivity index (χ1) is 28.7. The molecule has 58 heavy (non-hydrogen) atoms. The standard InChI is InChI=1S/C53H34N4O/c1-4-14-35(15-5-1)37-26-28-38(29-27-37)46-34-47(55-52(54-46)40-19-12-18-39(32-40)36-16-6-2-7-17-36)43-22-13-25-49-51(43)44-31-30-41(33-50(44)58-49)53-56-45-23-10-11-24-48(45)57(53)42-20-8-3-9-21-42/h1-34H. The van der Waals surface area contributed by atoms with E-state index in [0.29, 0.717) is 5.82 Å². The third-order valence-corrected chi connectivity index (χ3v) is 10.8. The Morgan fingerprint density at radius 2 is 0.983 bits per heavy atom. The van der Waals surface area contributed by atoms with Crippen molar-refractivity contribution in [3.8, 4) is 73.2 Å². The molecule has 3 aromatic heterocycles. The Morgan fingerprint density at radius 3 is 1.78 bits per heavy atom. The fraction of sp³-hybridized carbons (Fsp3) is 0. The number of furan rings is 1. The number of nitrogens with zero attached hydrogens (tertiary/aromatic N) is 4. The van der Waals surface area contributed by atoms with Crippen molar-refractivity contribution in [2.75, 3.05) is 0 Å². The molecule has 0 atom stereocenters. The van der Waals surface area contributed by atoms with Gasteiger partial charge in [0.25, 0.3) is 0 Å². The topological polar surface area (TPSA) is 56.7 Å². The molecule has 0 fully saturated rings. The van der Waals surface area contributed by atoms with Crippen LogP contribution in [0.5, 0.6) is 0 Å². The number of rotatable bonds is 7. The number of para-hydroxylation sites is 3. The van der Waals surface area contributed by atoms with Gasteiger partial charge in [-0.15, -0.1) is 0 Å². The molecular formula is C53H34N4O. The highest BCUT2D eigenvalue weighted by molar-refractivity contribution is 6.13. The largest absolute Gasteiger partial charge is 0.456 e. The van der Waals surface area contributed by atoms with Crippen LogP contribution in [0.2, 0.25) is 0 Å². The van der Waals surface area contributed by atoms with Crippen LogP contribution in [0.15, 0.2) is 211 Å². The predicted octanol–water partition coefficient (Wildman–Crippen LogP) is 13.7. The first-order valence-electron chi connectivity index (χ1n) is 19.4. The smallest absolute Gasteiger partial charge is 0.160 e. The predicted molar refractivity (Wildman–Crippen MR) is 237 cm³/mol. The third kappa shape index (κ3) is 5.94. The zero-order chi connectivity index (χ0) is 38.4. The summed E-state index contributed by atoms with van der Waals surface area (Å²) >= 11 is 0. The summed E-state index contributed by atoms with van der Waals surface area (Å²) in [6.07, 6.45) is 0. The van der Waals surface area contributed by atoms with Gasteiger partial charge in [0, 0.05) is 38.7 Å². The highest BCUT2D eigenvalue weighted by atomic mass is 16.3. The molecule has 0 aliphatic rings. The molecule has 0 saturated carbocycles. The molecule has 0 aliphatic carbocycles. The van der Waals surface area contributed by atoms with Crippen LogP contribution in [-0.2, 0) is 0 Å². The first kappa shape index (κ1) is 33.4. The van der Waals surface area contributed by atoms with Crippen LogP contribution >= 0.6 is 0 Å². The number of benzene rings is 8. The average Bonchev–Trinajstić information content (AvgIpc) is 3.89. The van der Waals surface area contributed by atoms with Crippen LogP contribution in [0.3, 0.4) is 0 Å². The molecule has 0 bridgehead atoms. The summed E-state index contributed by atoms with van der Waals surface area (Å²) in [5.74, 6) is 1.51. The van der Waals surface area contributed by atoms with Crippen molar-refractivity contribution in [1.29, 1.82) is 0 Å².